The SMILES string of the molecule is [CH2]CCCSC1CCOCC1. The minimum Gasteiger partial charge on any atom is -0.381 e. The van der Waals surface area contributed by atoms with Gasteiger partial charge in [0.05, 0.1) is 0 Å². The Balaban J connectivity index is 1.96. The minimum atomic E-state index is 0.871. The van der Waals surface area contributed by atoms with Gasteiger partial charge in [-0.05, 0) is 25.0 Å². The second-order valence-corrected chi connectivity index (χ2v) is 4.30. The fraction of sp³-hybridized carbons (Fsp3) is 0.889. The lowest BCUT2D eigenvalue weighted by molar-refractivity contribution is 0.100. The molecule has 2 heteroatoms. The Morgan fingerprint density at radius 3 is 2.73 bits per heavy atom. The molecule has 65 valence electrons. The summed E-state index contributed by atoms with van der Waals surface area (Å²) < 4.78 is 5.28. The molecule has 0 atom stereocenters. The van der Waals surface area contributed by atoms with Gasteiger partial charge in [0.2, 0.25) is 0 Å². The Bertz CT molecular complexity index is 89.6. The maximum absolute atomic E-state index is 5.28. The maximum Gasteiger partial charge on any atom is 0.0476 e. The van der Waals surface area contributed by atoms with Crippen molar-refractivity contribution in [3.05, 3.63) is 6.92 Å². The van der Waals surface area contributed by atoms with Gasteiger partial charge in [-0.15, -0.1) is 0 Å². The summed E-state index contributed by atoms with van der Waals surface area (Å²) >= 11 is 2.10. The van der Waals surface area contributed by atoms with Crippen LogP contribution in [0.2, 0.25) is 0 Å². The number of hydrogen-bond donors (Lipinski definition) is 0. The van der Waals surface area contributed by atoms with E-state index in [2.05, 4.69) is 18.7 Å². The maximum atomic E-state index is 5.28. The van der Waals surface area contributed by atoms with Crippen molar-refractivity contribution in [1.82, 2.24) is 0 Å². The van der Waals surface area contributed by atoms with E-state index in [1.54, 1.807) is 0 Å². The van der Waals surface area contributed by atoms with E-state index in [4.69, 9.17) is 4.74 Å². The predicted molar refractivity (Wildman–Crippen MR) is 50.9 cm³/mol. The van der Waals surface area contributed by atoms with Crippen LogP contribution in [0.3, 0.4) is 0 Å². The Morgan fingerprint density at radius 2 is 2.09 bits per heavy atom. The summed E-state index contributed by atoms with van der Waals surface area (Å²) in [4.78, 5) is 0. The lowest BCUT2D eigenvalue weighted by Gasteiger charge is -2.21. The fourth-order valence-electron chi connectivity index (χ4n) is 1.19. The molecule has 0 aromatic heterocycles. The van der Waals surface area contributed by atoms with Crippen molar-refractivity contribution < 1.29 is 4.74 Å². The Labute approximate surface area is 73.9 Å². The first-order chi connectivity index (χ1) is 5.43. The monoisotopic (exact) mass is 173 g/mol. The zero-order valence-corrected chi connectivity index (χ0v) is 7.87. The molecule has 11 heavy (non-hydrogen) atoms. The third-order valence-electron chi connectivity index (χ3n) is 1.92. The van der Waals surface area contributed by atoms with Crippen LogP contribution in [-0.2, 0) is 4.74 Å². The summed E-state index contributed by atoms with van der Waals surface area (Å²) in [5.74, 6) is 1.29. The van der Waals surface area contributed by atoms with Crippen LogP contribution in [0.1, 0.15) is 25.7 Å². The quantitative estimate of drug-likeness (QED) is 0.604. The summed E-state index contributed by atoms with van der Waals surface area (Å²) in [6.07, 6.45) is 4.85. The Kier molecular flexibility index (Phi) is 5.04. The number of ether oxygens (including phenoxy) is 1. The van der Waals surface area contributed by atoms with Gasteiger partial charge in [-0.3, -0.25) is 0 Å². The lowest BCUT2D eigenvalue weighted by atomic mass is 10.2. The van der Waals surface area contributed by atoms with Gasteiger partial charge in [-0.25, -0.2) is 0 Å². The molecule has 1 heterocycles. The van der Waals surface area contributed by atoms with Gasteiger partial charge in [0.1, 0.15) is 0 Å². The van der Waals surface area contributed by atoms with E-state index in [9.17, 15) is 0 Å². The average molecular weight is 173 g/mol. The molecule has 1 saturated heterocycles. The van der Waals surface area contributed by atoms with Crippen molar-refractivity contribution in [2.24, 2.45) is 0 Å². The summed E-state index contributed by atoms with van der Waals surface area (Å²) in [6, 6.07) is 0. The predicted octanol–water partition coefficient (Wildman–Crippen LogP) is 2.51. The van der Waals surface area contributed by atoms with Gasteiger partial charge in [-0.2, -0.15) is 11.8 Å². The van der Waals surface area contributed by atoms with Gasteiger partial charge in [0.25, 0.3) is 0 Å². The van der Waals surface area contributed by atoms with Crippen LogP contribution in [0.25, 0.3) is 0 Å². The molecule has 1 nitrogen and oxygen atoms in total. The van der Waals surface area contributed by atoms with E-state index in [-0.39, 0.29) is 0 Å². The van der Waals surface area contributed by atoms with E-state index < -0.39 is 0 Å². The largest absolute Gasteiger partial charge is 0.381 e. The first kappa shape index (κ1) is 9.40. The summed E-state index contributed by atoms with van der Waals surface area (Å²) in [6.45, 7) is 5.78. The van der Waals surface area contributed by atoms with Gasteiger partial charge < -0.3 is 4.74 Å². The van der Waals surface area contributed by atoms with E-state index >= 15 is 0 Å². The second kappa shape index (κ2) is 5.90. The summed E-state index contributed by atoms with van der Waals surface area (Å²) in [5, 5.41) is 0.871. The summed E-state index contributed by atoms with van der Waals surface area (Å²) in [5.41, 5.74) is 0. The van der Waals surface area contributed by atoms with Crippen LogP contribution in [0.5, 0.6) is 0 Å². The first-order valence-corrected chi connectivity index (χ1v) is 5.47. The molecule has 1 radical (unpaired) electrons. The highest BCUT2D eigenvalue weighted by molar-refractivity contribution is 7.99. The third-order valence-corrected chi connectivity index (χ3v) is 3.38. The van der Waals surface area contributed by atoms with Crippen molar-refractivity contribution in [2.45, 2.75) is 30.9 Å². The van der Waals surface area contributed by atoms with Crippen molar-refractivity contribution in [2.75, 3.05) is 19.0 Å². The van der Waals surface area contributed by atoms with E-state index in [0.29, 0.717) is 0 Å². The molecule has 0 aromatic rings. The molecule has 1 aliphatic heterocycles. The molecule has 0 N–H and O–H groups in total. The van der Waals surface area contributed by atoms with Crippen molar-refractivity contribution >= 4 is 11.8 Å². The molecule has 1 fully saturated rings. The van der Waals surface area contributed by atoms with Crippen LogP contribution in [0.4, 0.5) is 0 Å². The number of hydrogen-bond acceptors (Lipinski definition) is 2. The van der Waals surface area contributed by atoms with Gasteiger partial charge in [0.15, 0.2) is 0 Å². The molecule has 0 saturated carbocycles. The van der Waals surface area contributed by atoms with Gasteiger partial charge >= 0.3 is 0 Å². The van der Waals surface area contributed by atoms with Crippen LogP contribution >= 0.6 is 11.8 Å². The molecular weight excluding hydrogens is 156 g/mol. The summed E-state index contributed by atoms with van der Waals surface area (Å²) in [7, 11) is 0. The zero-order valence-electron chi connectivity index (χ0n) is 7.05. The van der Waals surface area contributed by atoms with Crippen LogP contribution in [-0.4, -0.2) is 24.2 Å². The molecule has 1 rings (SSSR count). The van der Waals surface area contributed by atoms with Crippen LogP contribution in [0, 0.1) is 6.92 Å². The first-order valence-electron chi connectivity index (χ1n) is 4.42. The Morgan fingerprint density at radius 1 is 1.36 bits per heavy atom. The van der Waals surface area contributed by atoms with Crippen LogP contribution in [0.15, 0.2) is 0 Å². The topological polar surface area (TPSA) is 9.23 Å². The molecule has 0 amide bonds. The highest BCUT2D eigenvalue weighted by Gasteiger charge is 2.12. The third kappa shape index (κ3) is 4.02. The van der Waals surface area contributed by atoms with E-state index in [1.807, 2.05) is 0 Å². The van der Waals surface area contributed by atoms with Crippen molar-refractivity contribution in [3.8, 4) is 0 Å². The molecule has 0 aromatic carbocycles. The second-order valence-electron chi connectivity index (χ2n) is 2.89. The smallest absolute Gasteiger partial charge is 0.0476 e. The lowest BCUT2D eigenvalue weighted by Crippen LogP contribution is -2.17. The molecule has 0 bridgehead atoms. The molecule has 0 unspecified atom stereocenters. The molecule has 0 aliphatic carbocycles. The van der Waals surface area contributed by atoms with Crippen molar-refractivity contribution in [3.63, 3.8) is 0 Å². The highest BCUT2D eigenvalue weighted by atomic mass is 32.2. The van der Waals surface area contributed by atoms with Crippen molar-refractivity contribution in [1.29, 1.82) is 0 Å². The fourth-order valence-corrected chi connectivity index (χ4v) is 2.42. The van der Waals surface area contributed by atoms with Crippen LogP contribution < -0.4 is 0 Å². The minimum absolute atomic E-state index is 0.871. The molecule has 1 aliphatic rings. The number of thioether (sulfide) groups is 1. The van der Waals surface area contributed by atoms with E-state index in [1.165, 1.54) is 25.0 Å². The number of rotatable bonds is 4. The Hall–Kier alpha value is 0.310. The standard InChI is InChI=1S/C9H17OS/c1-2-3-8-11-9-4-6-10-7-5-9/h9H,1-8H2. The van der Waals surface area contributed by atoms with E-state index in [0.717, 1.165) is 24.9 Å². The number of unbranched alkanes of at least 4 members (excludes halogenated alkanes) is 1. The van der Waals surface area contributed by atoms with Gasteiger partial charge in [-0.1, -0.05) is 13.3 Å². The van der Waals surface area contributed by atoms with Gasteiger partial charge in [0, 0.05) is 18.5 Å². The molecular formula is C9H17OS. The molecule has 0 spiro atoms. The normalized spacial score (nSPS) is 20.5. The highest BCUT2D eigenvalue weighted by Crippen LogP contribution is 2.22. The zero-order chi connectivity index (χ0) is 7.94. The average Bonchev–Trinajstić information content (AvgIpc) is 2.07.